The number of aryl methyl sites for hydroxylation is 2. The Morgan fingerprint density at radius 1 is 1.04 bits per heavy atom. The summed E-state index contributed by atoms with van der Waals surface area (Å²) in [6.45, 7) is 6.67. The number of carbonyl (C=O) groups excluding carboxylic acids is 3. The molecule has 7 heteroatoms. The van der Waals surface area contributed by atoms with E-state index in [1.54, 1.807) is 32.9 Å². The first kappa shape index (κ1) is 19.2. The molecule has 1 heterocycles. The molecule has 0 atom stereocenters. The van der Waals surface area contributed by atoms with Crippen LogP contribution in [0.2, 0.25) is 0 Å². The number of ether oxygens (including phenoxy) is 2. The summed E-state index contributed by atoms with van der Waals surface area (Å²) in [5.41, 5.74) is 2.95. The van der Waals surface area contributed by atoms with Crippen molar-refractivity contribution < 1.29 is 23.9 Å². The Balaban J connectivity index is 2.02. The molecule has 1 aromatic heterocycles. The second-order valence-electron chi connectivity index (χ2n) is 5.78. The van der Waals surface area contributed by atoms with Crippen molar-refractivity contribution in [1.82, 2.24) is 4.98 Å². The molecular weight excluding hydrogens is 336 g/mol. The number of hydrogen-bond acceptors (Lipinski definition) is 5. The third kappa shape index (κ3) is 4.30. The molecule has 2 rings (SSSR count). The number of carbonyl (C=O) groups is 3. The molecule has 0 aliphatic heterocycles. The molecular formula is C19H22N2O5. The quantitative estimate of drug-likeness (QED) is 0.774. The van der Waals surface area contributed by atoms with Crippen LogP contribution in [0.25, 0.3) is 0 Å². The van der Waals surface area contributed by atoms with E-state index >= 15 is 0 Å². The lowest BCUT2D eigenvalue weighted by molar-refractivity contribution is -0.119. The highest BCUT2D eigenvalue weighted by Crippen LogP contribution is 2.20. The highest BCUT2D eigenvalue weighted by atomic mass is 16.5. The maximum absolute atomic E-state index is 12.2. The van der Waals surface area contributed by atoms with Crippen LogP contribution in [0.15, 0.2) is 24.3 Å². The number of esters is 2. The lowest BCUT2D eigenvalue weighted by Crippen LogP contribution is -2.21. The van der Waals surface area contributed by atoms with Gasteiger partial charge in [0.25, 0.3) is 5.91 Å². The van der Waals surface area contributed by atoms with E-state index in [0.29, 0.717) is 22.5 Å². The summed E-state index contributed by atoms with van der Waals surface area (Å²) in [5.74, 6) is -1.66. The first-order valence-electron chi connectivity index (χ1n) is 8.24. The zero-order chi connectivity index (χ0) is 19.3. The number of nitrogens with one attached hydrogen (secondary N) is 2. The Hall–Kier alpha value is -3.09. The molecule has 0 saturated heterocycles. The SMILES string of the molecule is CCOC(=O)c1c(C)[nH]c(C(=O)OCC(=O)Nc2ccccc2C)c1C. The highest BCUT2D eigenvalue weighted by molar-refractivity contribution is 6.00. The van der Waals surface area contributed by atoms with Crippen LogP contribution in [-0.2, 0) is 14.3 Å². The van der Waals surface area contributed by atoms with E-state index < -0.39 is 24.5 Å². The molecule has 1 aromatic carbocycles. The summed E-state index contributed by atoms with van der Waals surface area (Å²) in [7, 11) is 0. The summed E-state index contributed by atoms with van der Waals surface area (Å²) in [4.78, 5) is 39.0. The van der Waals surface area contributed by atoms with Gasteiger partial charge in [-0.3, -0.25) is 4.79 Å². The van der Waals surface area contributed by atoms with Crippen LogP contribution in [0.5, 0.6) is 0 Å². The Morgan fingerprint density at radius 2 is 1.73 bits per heavy atom. The van der Waals surface area contributed by atoms with Crippen molar-refractivity contribution in [3.63, 3.8) is 0 Å². The van der Waals surface area contributed by atoms with Crippen molar-refractivity contribution in [3.05, 3.63) is 52.3 Å². The summed E-state index contributed by atoms with van der Waals surface area (Å²) in [6.07, 6.45) is 0. The van der Waals surface area contributed by atoms with Crippen molar-refractivity contribution in [1.29, 1.82) is 0 Å². The number of para-hydroxylation sites is 1. The van der Waals surface area contributed by atoms with E-state index in [9.17, 15) is 14.4 Å². The average Bonchev–Trinajstić information content (AvgIpc) is 2.89. The highest BCUT2D eigenvalue weighted by Gasteiger charge is 2.24. The fourth-order valence-corrected chi connectivity index (χ4v) is 2.57. The van der Waals surface area contributed by atoms with Gasteiger partial charge in [0, 0.05) is 11.4 Å². The number of aromatic amines is 1. The van der Waals surface area contributed by atoms with Gasteiger partial charge in [-0.25, -0.2) is 9.59 Å². The third-order valence-electron chi connectivity index (χ3n) is 3.87. The van der Waals surface area contributed by atoms with Gasteiger partial charge in [-0.05, 0) is 44.9 Å². The van der Waals surface area contributed by atoms with E-state index in [1.165, 1.54) is 0 Å². The van der Waals surface area contributed by atoms with Crippen LogP contribution >= 0.6 is 0 Å². The molecule has 2 N–H and O–H groups in total. The Morgan fingerprint density at radius 3 is 2.38 bits per heavy atom. The minimum atomic E-state index is -0.707. The van der Waals surface area contributed by atoms with E-state index in [4.69, 9.17) is 9.47 Å². The average molecular weight is 358 g/mol. The molecule has 7 nitrogen and oxygen atoms in total. The number of rotatable bonds is 6. The number of anilines is 1. The fourth-order valence-electron chi connectivity index (χ4n) is 2.57. The zero-order valence-electron chi connectivity index (χ0n) is 15.3. The normalized spacial score (nSPS) is 10.3. The van der Waals surface area contributed by atoms with Crippen molar-refractivity contribution in [2.75, 3.05) is 18.5 Å². The first-order chi connectivity index (χ1) is 12.3. The number of amides is 1. The lowest BCUT2D eigenvalue weighted by atomic mass is 10.1. The molecule has 2 aromatic rings. The molecule has 0 saturated carbocycles. The van der Waals surface area contributed by atoms with Crippen LogP contribution in [0.3, 0.4) is 0 Å². The van der Waals surface area contributed by atoms with Crippen molar-refractivity contribution in [3.8, 4) is 0 Å². The Bertz CT molecular complexity index is 838. The van der Waals surface area contributed by atoms with Gasteiger partial charge in [-0.15, -0.1) is 0 Å². The maximum Gasteiger partial charge on any atom is 0.355 e. The maximum atomic E-state index is 12.2. The van der Waals surface area contributed by atoms with Gasteiger partial charge in [0.05, 0.1) is 12.2 Å². The van der Waals surface area contributed by atoms with Crippen LogP contribution in [0, 0.1) is 20.8 Å². The van der Waals surface area contributed by atoms with Gasteiger partial charge < -0.3 is 19.8 Å². The van der Waals surface area contributed by atoms with Gasteiger partial charge in [-0.1, -0.05) is 18.2 Å². The molecule has 0 unspecified atom stereocenters. The minimum absolute atomic E-state index is 0.134. The third-order valence-corrected chi connectivity index (χ3v) is 3.87. The van der Waals surface area contributed by atoms with Crippen molar-refractivity contribution in [2.24, 2.45) is 0 Å². The second-order valence-corrected chi connectivity index (χ2v) is 5.78. The van der Waals surface area contributed by atoms with E-state index in [1.807, 2.05) is 19.1 Å². The molecule has 138 valence electrons. The lowest BCUT2D eigenvalue weighted by Gasteiger charge is -2.08. The molecule has 1 amide bonds. The number of hydrogen-bond donors (Lipinski definition) is 2. The van der Waals surface area contributed by atoms with Crippen LogP contribution < -0.4 is 5.32 Å². The second kappa shape index (κ2) is 8.33. The molecule has 0 aliphatic rings. The topological polar surface area (TPSA) is 97.5 Å². The van der Waals surface area contributed by atoms with Gasteiger partial charge in [0.1, 0.15) is 5.69 Å². The molecule has 0 fully saturated rings. The Labute approximate surface area is 151 Å². The molecule has 0 radical (unpaired) electrons. The van der Waals surface area contributed by atoms with Crippen molar-refractivity contribution in [2.45, 2.75) is 27.7 Å². The largest absolute Gasteiger partial charge is 0.462 e. The van der Waals surface area contributed by atoms with E-state index in [-0.39, 0.29) is 12.3 Å². The molecule has 0 bridgehead atoms. The predicted octanol–water partition coefficient (Wildman–Crippen LogP) is 2.91. The molecule has 0 spiro atoms. The smallest absolute Gasteiger partial charge is 0.355 e. The van der Waals surface area contributed by atoms with E-state index in [0.717, 1.165) is 5.56 Å². The van der Waals surface area contributed by atoms with Gasteiger partial charge in [0.2, 0.25) is 0 Å². The Kier molecular flexibility index (Phi) is 6.16. The summed E-state index contributed by atoms with van der Waals surface area (Å²) < 4.78 is 10.0. The van der Waals surface area contributed by atoms with Gasteiger partial charge in [-0.2, -0.15) is 0 Å². The van der Waals surface area contributed by atoms with Gasteiger partial charge >= 0.3 is 11.9 Å². The van der Waals surface area contributed by atoms with E-state index in [2.05, 4.69) is 10.3 Å². The molecule has 0 aliphatic carbocycles. The summed E-state index contributed by atoms with van der Waals surface area (Å²) >= 11 is 0. The van der Waals surface area contributed by atoms with Crippen LogP contribution in [0.4, 0.5) is 5.69 Å². The van der Waals surface area contributed by atoms with Crippen LogP contribution in [-0.4, -0.2) is 36.0 Å². The number of benzene rings is 1. The van der Waals surface area contributed by atoms with Gasteiger partial charge in [0.15, 0.2) is 6.61 Å². The number of H-pyrrole nitrogens is 1. The monoisotopic (exact) mass is 358 g/mol. The summed E-state index contributed by atoms with van der Waals surface area (Å²) in [6, 6.07) is 7.29. The fraction of sp³-hybridized carbons (Fsp3) is 0.316. The predicted molar refractivity (Wildman–Crippen MR) is 96.3 cm³/mol. The minimum Gasteiger partial charge on any atom is -0.462 e. The zero-order valence-corrected chi connectivity index (χ0v) is 15.3. The summed E-state index contributed by atoms with van der Waals surface area (Å²) in [5, 5.41) is 2.68. The van der Waals surface area contributed by atoms with Crippen LogP contribution in [0.1, 0.15) is 44.6 Å². The standard InChI is InChI=1S/C19H22N2O5/c1-5-25-18(23)16-12(3)17(20-13(16)4)19(24)26-10-15(22)21-14-9-7-6-8-11(14)2/h6-9,20H,5,10H2,1-4H3,(H,21,22). The molecule has 26 heavy (non-hydrogen) atoms. The number of aromatic nitrogens is 1. The van der Waals surface area contributed by atoms with Crippen molar-refractivity contribution >= 4 is 23.5 Å². The first-order valence-corrected chi connectivity index (χ1v) is 8.24.